The summed E-state index contributed by atoms with van der Waals surface area (Å²) in [4.78, 5) is 29.7. The fourth-order valence-corrected chi connectivity index (χ4v) is 5.77. The van der Waals surface area contributed by atoms with Gasteiger partial charge in [0.25, 0.3) is 0 Å². The minimum Gasteiger partial charge on any atom is -0.462 e. The molecule has 0 aliphatic rings. The van der Waals surface area contributed by atoms with Gasteiger partial charge in [-0.05, 0) is 37.1 Å². The largest absolute Gasteiger partial charge is 0.462 e. The summed E-state index contributed by atoms with van der Waals surface area (Å²) in [6.07, 6.45) is 17.8. The summed E-state index contributed by atoms with van der Waals surface area (Å²) < 4.78 is 7.03. The fraction of sp³-hybridized carbons (Fsp3) is 0.500. The number of nitrogens with one attached hydrogen (secondary N) is 3. The van der Waals surface area contributed by atoms with Crippen LogP contribution in [0.25, 0.3) is 17.0 Å². The summed E-state index contributed by atoms with van der Waals surface area (Å²) in [6.45, 7) is 4.78. The Kier molecular flexibility index (Phi) is 14.9. The van der Waals surface area contributed by atoms with E-state index in [1.54, 1.807) is 16.8 Å². The Morgan fingerprint density at radius 3 is 2.09 bits per heavy atom. The molecule has 0 bridgehead atoms. The van der Waals surface area contributed by atoms with Crippen LogP contribution in [0.1, 0.15) is 118 Å². The number of rotatable bonds is 20. The van der Waals surface area contributed by atoms with Gasteiger partial charge in [0.15, 0.2) is 11.5 Å². The van der Waals surface area contributed by atoms with Gasteiger partial charge < -0.3 is 15.4 Å². The van der Waals surface area contributed by atoms with Crippen molar-refractivity contribution >= 4 is 46.5 Å². The summed E-state index contributed by atoms with van der Waals surface area (Å²) >= 11 is 12.6. The van der Waals surface area contributed by atoms with E-state index in [0.29, 0.717) is 39.4 Å². The minimum absolute atomic E-state index is 0.285. The third kappa shape index (κ3) is 11.6. The van der Waals surface area contributed by atoms with E-state index in [-0.39, 0.29) is 6.54 Å². The highest BCUT2D eigenvalue weighted by atomic mass is 35.5. The SMILES string of the molecule is CCCCCCCCCCCCCCCCOC(=O)c1ccc(Cl)c(NC(=O)NCc2ccc(-c3nc4c(Cl)c(C)[nH]n4n3)cc2)c1. The smallest absolute Gasteiger partial charge is 0.338 e. The molecule has 11 heteroatoms. The maximum absolute atomic E-state index is 12.6. The second-order valence-electron chi connectivity index (χ2n) is 12.2. The minimum atomic E-state index is -0.445. The van der Waals surface area contributed by atoms with Gasteiger partial charge in [-0.1, -0.05) is 138 Å². The number of H-pyrrole nitrogens is 1. The number of esters is 1. The van der Waals surface area contributed by atoms with Crippen molar-refractivity contribution in [2.24, 2.45) is 0 Å². The number of unbranched alkanes of at least 4 members (excludes halogenated alkanes) is 13. The van der Waals surface area contributed by atoms with Crippen molar-refractivity contribution < 1.29 is 14.3 Å². The normalized spacial score (nSPS) is 11.2. The molecule has 4 rings (SSSR count). The van der Waals surface area contributed by atoms with Crippen molar-refractivity contribution in [3.8, 4) is 11.4 Å². The van der Waals surface area contributed by atoms with Gasteiger partial charge in [-0.15, -0.1) is 5.10 Å². The number of fused-ring (bicyclic) bond motifs is 1. The van der Waals surface area contributed by atoms with Crippen LogP contribution in [0.2, 0.25) is 10.0 Å². The van der Waals surface area contributed by atoms with E-state index in [9.17, 15) is 9.59 Å². The quantitative estimate of drug-likeness (QED) is 0.0634. The van der Waals surface area contributed by atoms with Crippen LogP contribution in [0.5, 0.6) is 0 Å². The number of amides is 2. The number of aromatic nitrogens is 4. The molecule has 0 spiro atoms. The summed E-state index contributed by atoms with van der Waals surface area (Å²) in [5, 5.41) is 13.9. The van der Waals surface area contributed by atoms with Gasteiger partial charge in [0.2, 0.25) is 0 Å². The number of urea groups is 1. The second-order valence-corrected chi connectivity index (χ2v) is 12.9. The fourth-order valence-electron chi connectivity index (χ4n) is 5.44. The zero-order valence-corrected chi connectivity index (χ0v) is 29.2. The van der Waals surface area contributed by atoms with E-state index in [1.165, 1.54) is 76.7 Å². The highest BCUT2D eigenvalue weighted by Gasteiger charge is 2.14. The summed E-state index contributed by atoms with van der Waals surface area (Å²) in [5.74, 6) is 0.115. The van der Waals surface area contributed by atoms with Crippen LogP contribution in [-0.2, 0) is 11.3 Å². The van der Waals surface area contributed by atoms with Gasteiger partial charge in [0.05, 0.1) is 28.6 Å². The number of benzene rings is 2. The van der Waals surface area contributed by atoms with Gasteiger partial charge in [-0.3, -0.25) is 5.10 Å². The molecular formula is C36H48Cl2N6O3. The molecule has 4 aromatic rings. The average Bonchev–Trinajstić information content (AvgIpc) is 3.60. The highest BCUT2D eigenvalue weighted by molar-refractivity contribution is 6.34. The molecule has 0 saturated heterocycles. The Hall–Kier alpha value is -3.56. The third-order valence-electron chi connectivity index (χ3n) is 8.25. The first-order chi connectivity index (χ1) is 22.9. The molecule has 0 atom stereocenters. The molecule has 3 N–H and O–H groups in total. The van der Waals surface area contributed by atoms with Crippen molar-refractivity contribution in [2.75, 3.05) is 11.9 Å². The van der Waals surface area contributed by atoms with E-state index in [2.05, 4.69) is 32.7 Å². The van der Waals surface area contributed by atoms with Gasteiger partial charge in [0.1, 0.15) is 5.02 Å². The number of aromatic amines is 1. The van der Waals surface area contributed by atoms with Crippen molar-refractivity contribution in [3.05, 3.63) is 69.3 Å². The predicted octanol–water partition coefficient (Wildman–Crippen LogP) is 10.3. The number of ether oxygens (including phenoxy) is 1. The van der Waals surface area contributed by atoms with E-state index in [4.69, 9.17) is 27.9 Å². The molecule has 2 aromatic heterocycles. The van der Waals surface area contributed by atoms with Gasteiger partial charge >= 0.3 is 12.0 Å². The molecule has 47 heavy (non-hydrogen) atoms. The Morgan fingerprint density at radius 2 is 1.47 bits per heavy atom. The van der Waals surface area contributed by atoms with Crippen LogP contribution in [0.4, 0.5) is 10.5 Å². The van der Waals surface area contributed by atoms with E-state index in [0.717, 1.165) is 36.1 Å². The monoisotopic (exact) mass is 682 g/mol. The van der Waals surface area contributed by atoms with E-state index < -0.39 is 12.0 Å². The number of carbonyl (C=O) groups excluding carboxylic acids is 2. The van der Waals surface area contributed by atoms with Crippen molar-refractivity contribution in [1.82, 2.24) is 25.1 Å². The van der Waals surface area contributed by atoms with Crippen molar-refractivity contribution in [3.63, 3.8) is 0 Å². The average molecular weight is 684 g/mol. The standard InChI is InChI=1S/C36H48Cl2N6O3/c1-3-4-5-6-7-8-9-10-11-12-13-14-15-16-23-47-35(45)29-21-22-30(37)31(24-29)40-36(46)39-25-27-17-19-28(20-18-27)33-41-34-32(38)26(2)42-44(34)43-33/h17-22,24,42H,3-16,23,25H2,1-2H3,(H2,39,40,46). The molecular weight excluding hydrogens is 635 g/mol. The van der Waals surface area contributed by atoms with Crippen LogP contribution < -0.4 is 10.6 Å². The Bertz CT molecular complexity index is 1570. The Labute approximate surface area is 288 Å². The molecule has 2 aromatic carbocycles. The van der Waals surface area contributed by atoms with Crippen LogP contribution in [0.15, 0.2) is 42.5 Å². The van der Waals surface area contributed by atoms with Crippen molar-refractivity contribution in [2.45, 2.75) is 110 Å². The molecule has 0 saturated carbocycles. The van der Waals surface area contributed by atoms with E-state index >= 15 is 0 Å². The second kappa shape index (κ2) is 19.3. The van der Waals surface area contributed by atoms with Crippen LogP contribution in [0, 0.1) is 6.92 Å². The molecule has 9 nitrogen and oxygen atoms in total. The zero-order chi connectivity index (χ0) is 33.4. The summed E-state index contributed by atoms with van der Waals surface area (Å²) in [5.41, 5.74) is 3.75. The lowest BCUT2D eigenvalue weighted by atomic mass is 10.0. The number of aryl methyl sites for hydroxylation is 1. The maximum atomic E-state index is 12.6. The lowest BCUT2D eigenvalue weighted by Crippen LogP contribution is -2.28. The number of hydrogen-bond donors (Lipinski definition) is 3. The molecule has 254 valence electrons. The third-order valence-corrected chi connectivity index (χ3v) is 9.03. The van der Waals surface area contributed by atoms with Crippen LogP contribution in [-0.4, -0.2) is 38.4 Å². The topological polar surface area (TPSA) is 113 Å². The molecule has 0 unspecified atom stereocenters. The molecule has 0 fully saturated rings. The number of halogens is 2. The van der Waals surface area contributed by atoms with Gasteiger partial charge in [-0.25, -0.2) is 14.6 Å². The predicted molar refractivity (Wildman–Crippen MR) is 190 cm³/mol. The van der Waals surface area contributed by atoms with Crippen molar-refractivity contribution in [1.29, 1.82) is 0 Å². The first-order valence-corrected chi connectivity index (χ1v) is 17.8. The molecule has 2 heterocycles. The van der Waals surface area contributed by atoms with Gasteiger partial charge in [-0.2, -0.15) is 4.63 Å². The number of anilines is 1. The molecule has 2 amide bonds. The number of carbonyl (C=O) groups is 2. The number of nitrogens with zero attached hydrogens (tertiary/aromatic N) is 3. The summed E-state index contributed by atoms with van der Waals surface area (Å²) in [6, 6.07) is 11.8. The molecule has 0 radical (unpaired) electrons. The molecule has 0 aliphatic heterocycles. The van der Waals surface area contributed by atoms with Gasteiger partial charge in [0, 0.05) is 12.1 Å². The first kappa shape index (κ1) is 36.3. The lowest BCUT2D eigenvalue weighted by Gasteiger charge is -2.11. The van der Waals surface area contributed by atoms with E-state index in [1.807, 2.05) is 31.2 Å². The summed E-state index contributed by atoms with van der Waals surface area (Å²) in [7, 11) is 0. The Morgan fingerprint density at radius 1 is 0.851 bits per heavy atom. The Balaban J connectivity index is 1.10. The lowest BCUT2D eigenvalue weighted by molar-refractivity contribution is 0.0497. The number of hydrogen-bond acceptors (Lipinski definition) is 5. The van der Waals surface area contributed by atoms with Crippen LogP contribution >= 0.6 is 23.2 Å². The molecule has 0 aliphatic carbocycles. The maximum Gasteiger partial charge on any atom is 0.338 e. The zero-order valence-electron chi connectivity index (χ0n) is 27.7. The highest BCUT2D eigenvalue weighted by Crippen LogP contribution is 2.25. The first-order valence-electron chi connectivity index (χ1n) is 17.1. The van der Waals surface area contributed by atoms with Crippen LogP contribution in [0.3, 0.4) is 0 Å².